The first-order chi connectivity index (χ1) is 8.93. The van der Waals surface area contributed by atoms with Gasteiger partial charge in [-0.15, -0.1) is 0 Å². The van der Waals surface area contributed by atoms with Crippen LogP contribution in [0.1, 0.15) is 38.7 Å². The maximum Gasteiger partial charge on any atom is 0.224 e. The van der Waals surface area contributed by atoms with E-state index < -0.39 is 0 Å². The molecule has 1 amide bonds. The van der Waals surface area contributed by atoms with Gasteiger partial charge in [-0.1, -0.05) is 32.0 Å². The van der Waals surface area contributed by atoms with Crippen molar-refractivity contribution in [1.29, 1.82) is 0 Å². The molecule has 1 fully saturated rings. The van der Waals surface area contributed by atoms with Crippen molar-refractivity contribution in [2.24, 2.45) is 0 Å². The van der Waals surface area contributed by atoms with E-state index in [1.54, 1.807) is 0 Å². The number of anilines is 1. The Morgan fingerprint density at radius 2 is 1.79 bits per heavy atom. The van der Waals surface area contributed by atoms with Crippen LogP contribution in [0, 0.1) is 0 Å². The number of hydrogen-bond acceptors (Lipinski definition) is 2. The van der Waals surface area contributed by atoms with Gasteiger partial charge in [0.15, 0.2) is 0 Å². The second-order valence-corrected chi connectivity index (χ2v) is 6.32. The van der Waals surface area contributed by atoms with E-state index in [0.717, 1.165) is 12.8 Å². The highest BCUT2D eigenvalue weighted by Gasteiger charge is 2.59. The highest BCUT2D eigenvalue weighted by Crippen LogP contribution is 2.55. The molecule has 0 aliphatic carbocycles. The SMILES string of the molecule is CN1C(=O)CCC[C@]12N(C)c1ccccc1C2(C)C. The molecule has 3 nitrogen and oxygen atoms in total. The first-order valence-corrected chi connectivity index (χ1v) is 7.03. The van der Waals surface area contributed by atoms with E-state index in [-0.39, 0.29) is 17.0 Å². The molecule has 3 heteroatoms. The van der Waals surface area contributed by atoms with Gasteiger partial charge in [0.05, 0.1) is 0 Å². The number of fused-ring (bicyclic) bond motifs is 1. The lowest BCUT2D eigenvalue weighted by atomic mass is 9.71. The van der Waals surface area contributed by atoms with E-state index in [2.05, 4.69) is 50.1 Å². The number of benzene rings is 1. The zero-order chi connectivity index (χ0) is 13.8. The predicted molar refractivity (Wildman–Crippen MR) is 77.2 cm³/mol. The zero-order valence-electron chi connectivity index (χ0n) is 12.2. The van der Waals surface area contributed by atoms with Crippen LogP contribution in [0.4, 0.5) is 5.69 Å². The Balaban J connectivity index is 2.21. The normalized spacial score (nSPS) is 28.9. The maximum atomic E-state index is 12.2. The molecule has 0 aromatic heterocycles. The minimum absolute atomic E-state index is 0.0524. The number of amides is 1. The first-order valence-electron chi connectivity index (χ1n) is 7.03. The largest absolute Gasteiger partial charge is 0.351 e. The van der Waals surface area contributed by atoms with Crippen LogP contribution in [0.5, 0.6) is 0 Å². The third-order valence-electron chi connectivity index (χ3n) is 5.34. The molecule has 1 spiro atoms. The minimum atomic E-state index is -0.216. The summed E-state index contributed by atoms with van der Waals surface area (Å²) >= 11 is 0. The Kier molecular flexibility index (Phi) is 2.47. The average molecular weight is 258 g/mol. The van der Waals surface area contributed by atoms with Gasteiger partial charge in [-0.3, -0.25) is 4.79 Å². The summed E-state index contributed by atoms with van der Waals surface area (Å²) in [6, 6.07) is 8.54. The Morgan fingerprint density at radius 1 is 1.11 bits per heavy atom. The van der Waals surface area contributed by atoms with Crippen molar-refractivity contribution >= 4 is 11.6 Å². The van der Waals surface area contributed by atoms with Crippen molar-refractivity contribution in [1.82, 2.24) is 4.90 Å². The number of carbonyl (C=O) groups excluding carboxylic acids is 1. The van der Waals surface area contributed by atoms with Gasteiger partial charge in [0.25, 0.3) is 0 Å². The smallest absolute Gasteiger partial charge is 0.224 e. The van der Waals surface area contributed by atoms with E-state index in [0.29, 0.717) is 6.42 Å². The van der Waals surface area contributed by atoms with E-state index in [4.69, 9.17) is 0 Å². The van der Waals surface area contributed by atoms with Crippen LogP contribution in [0.15, 0.2) is 24.3 Å². The van der Waals surface area contributed by atoms with Gasteiger partial charge >= 0.3 is 0 Å². The second-order valence-electron chi connectivity index (χ2n) is 6.32. The summed E-state index contributed by atoms with van der Waals surface area (Å²) in [6.45, 7) is 4.54. The number of para-hydroxylation sites is 1. The van der Waals surface area contributed by atoms with Crippen molar-refractivity contribution in [2.75, 3.05) is 19.0 Å². The molecule has 1 atom stereocenters. The average Bonchev–Trinajstić information content (AvgIpc) is 2.56. The molecule has 0 bridgehead atoms. The lowest BCUT2D eigenvalue weighted by Gasteiger charge is -2.54. The molecular formula is C16H22N2O. The van der Waals surface area contributed by atoms with Gasteiger partial charge in [0.2, 0.25) is 5.91 Å². The van der Waals surface area contributed by atoms with Crippen molar-refractivity contribution in [3.63, 3.8) is 0 Å². The van der Waals surface area contributed by atoms with Crippen LogP contribution in [0.25, 0.3) is 0 Å². The van der Waals surface area contributed by atoms with E-state index in [1.165, 1.54) is 11.3 Å². The Bertz CT molecular complexity index is 537. The second kappa shape index (κ2) is 3.75. The topological polar surface area (TPSA) is 23.6 Å². The van der Waals surface area contributed by atoms with Crippen LogP contribution in [0.3, 0.4) is 0 Å². The first kappa shape index (κ1) is 12.5. The monoisotopic (exact) mass is 258 g/mol. The van der Waals surface area contributed by atoms with E-state index >= 15 is 0 Å². The molecule has 0 saturated carbocycles. The molecule has 1 aromatic carbocycles. The van der Waals surface area contributed by atoms with Crippen LogP contribution >= 0.6 is 0 Å². The molecule has 2 aliphatic rings. The summed E-state index contributed by atoms with van der Waals surface area (Å²) in [6.07, 6.45) is 2.69. The minimum Gasteiger partial charge on any atom is -0.351 e. The molecule has 2 heterocycles. The van der Waals surface area contributed by atoms with Crippen molar-refractivity contribution in [2.45, 2.75) is 44.2 Å². The van der Waals surface area contributed by atoms with Crippen molar-refractivity contribution < 1.29 is 4.79 Å². The molecule has 3 rings (SSSR count). The van der Waals surface area contributed by atoms with Crippen LogP contribution in [-0.4, -0.2) is 30.6 Å². The third-order valence-corrected chi connectivity index (χ3v) is 5.34. The van der Waals surface area contributed by atoms with Crippen molar-refractivity contribution in [3.8, 4) is 0 Å². The number of piperidine rings is 1. The molecule has 0 unspecified atom stereocenters. The number of likely N-dealkylation sites (N-methyl/N-ethyl adjacent to an activating group) is 2. The fourth-order valence-corrected chi connectivity index (χ4v) is 4.28. The number of carbonyl (C=O) groups is 1. The van der Waals surface area contributed by atoms with Crippen molar-refractivity contribution in [3.05, 3.63) is 29.8 Å². The highest BCUT2D eigenvalue weighted by molar-refractivity contribution is 5.80. The van der Waals surface area contributed by atoms with E-state index in [9.17, 15) is 4.79 Å². The number of hydrogen-bond donors (Lipinski definition) is 0. The van der Waals surface area contributed by atoms with E-state index in [1.807, 2.05) is 11.9 Å². The third kappa shape index (κ3) is 1.31. The lowest BCUT2D eigenvalue weighted by Crippen LogP contribution is -2.67. The van der Waals surface area contributed by atoms with Gasteiger partial charge in [0, 0.05) is 31.6 Å². The molecule has 0 radical (unpaired) electrons. The van der Waals surface area contributed by atoms with Gasteiger partial charge in [-0.25, -0.2) is 0 Å². The number of nitrogens with zero attached hydrogens (tertiary/aromatic N) is 2. The summed E-state index contributed by atoms with van der Waals surface area (Å²) < 4.78 is 0. The number of rotatable bonds is 0. The summed E-state index contributed by atoms with van der Waals surface area (Å²) in [7, 11) is 4.09. The number of likely N-dealkylation sites (tertiary alicyclic amines) is 1. The molecule has 1 saturated heterocycles. The Labute approximate surface area is 115 Å². The fourth-order valence-electron chi connectivity index (χ4n) is 4.28. The maximum absolute atomic E-state index is 12.2. The Hall–Kier alpha value is -1.51. The molecule has 19 heavy (non-hydrogen) atoms. The zero-order valence-corrected chi connectivity index (χ0v) is 12.2. The molecule has 1 aromatic rings. The summed E-state index contributed by atoms with van der Waals surface area (Å²) in [4.78, 5) is 16.5. The van der Waals surface area contributed by atoms with Gasteiger partial charge < -0.3 is 9.80 Å². The lowest BCUT2D eigenvalue weighted by molar-refractivity contribution is -0.142. The summed E-state index contributed by atoms with van der Waals surface area (Å²) in [5, 5.41) is 0. The van der Waals surface area contributed by atoms with Crippen LogP contribution in [0.2, 0.25) is 0 Å². The predicted octanol–water partition coefficient (Wildman–Crippen LogP) is 2.75. The summed E-state index contributed by atoms with van der Waals surface area (Å²) in [5.74, 6) is 0.263. The summed E-state index contributed by atoms with van der Waals surface area (Å²) in [5.41, 5.74) is 2.34. The Morgan fingerprint density at radius 3 is 2.47 bits per heavy atom. The van der Waals surface area contributed by atoms with Gasteiger partial charge in [0.1, 0.15) is 5.66 Å². The van der Waals surface area contributed by atoms with Crippen LogP contribution in [-0.2, 0) is 10.2 Å². The van der Waals surface area contributed by atoms with Crippen LogP contribution < -0.4 is 4.90 Å². The van der Waals surface area contributed by atoms with Gasteiger partial charge in [-0.2, -0.15) is 0 Å². The van der Waals surface area contributed by atoms with Gasteiger partial charge in [-0.05, 0) is 24.5 Å². The molecular weight excluding hydrogens is 236 g/mol. The fraction of sp³-hybridized carbons (Fsp3) is 0.562. The quantitative estimate of drug-likeness (QED) is 0.714. The molecule has 0 N–H and O–H groups in total. The highest BCUT2D eigenvalue weighted by atomic mass is 16.2. The standard InChI is InChI=1S/C16H22N2O/c1-15(2)12-8-5-6-9-13(12)17(3)16(15)11-7-10-14(19)18(16)4/h5-6,8-9H,7,10-11H2,1-4H3/t16-/m0/s1. The molecule has 102 valence electrons. The molecule has 2 aliphatic heterocycles.